The summed E-state index contributed by atoms with van der Waals surface area (Å²) in [5, 5.41) is 12.9. The Morgan fingerprint density at radius 2 is 0.554 bits per heavy atom. The molecule has 0 radical (unpaired) electrons. The standard InChI is InChI=1S/C64H45N/c1-63(2)52-32-19-33-53-62(52)65-60-50(34-40(36-54(60)63)58-46-28-15-11-24-42(46)56(38-20-7-5-8-21-38)43-25-12-16-29-47(43)58)51-35-41(37-55(61(51)65)64(53,3)4)59-48-30-17-13-26-44(48)57(39-22-9-6-10-23-39)45-27-14-18-31-49(45)59/h5-37H,1-4H3. The molecule has 1 nitrogen and oxygen atoms in total. The second kappa shape index (κ2) is 12.9. The molecule has 0 fully saturated rings. The fourth-order valence-corrected chi connectivity index (χ4v) is 12.5. The van der Waals surface area contributed by atoms with E-state index in [4.69, 9.17) is 0 Å². The van der Waals surface area contributed by atoms with E-state index in [1.165, 1.54) is 137 Å². The minimum atomic E-state index is -0.254. The van der Waals surface area contributed by atoms with Crippen LogP contribution in [0.25, 0.3) is 115 Å². The fourth-order valence-electron chi connectivity index (χ4n) is 12.5. The third-order valence-corrected chi connectivity index (χ3v) is 15.5. The highest BCUT2D eigenvalue weighted by molar-refractivity contribution is 6.25. The first kappa shape index (κ1) is 36.7. The lowest BCUT2D eigenvalue weighted by Gasteiger charge is -2.42. The highest BCUT2D eigenvalue weighted by Crippen LogP contribution is 2.58. The summed E-state index contributed by atoms with van der Waals surface area (Å²) in [5.74, 6) is 0. The van der Waals surface area contributed by atoms with Gasteiger partial charge in [0.05, 0.1) is 16.7 Å². The van der Waals surface area contributed by atoms with Crippen molar-refractivity contribution in [1.82, 2.24) is 4.57 Å². The maximum Gasteiger partial charge on any atom is 0.0582 e. The molecule has 0 saturated carbocycles. The lowest BCUT2D eigenvalue weighted by molar-refractivity contribution is 0.594. The lowest BCUT2D eigenvalue weighted by atomic mass is 9.68. The molecule has 0 amide bonds. The van der Waals surface area contributed by atoms with Gasteiger partial charge in [-0.05, 0) is 134 Å². The molecule has 2 aliphatic heterocycles. The van der Waals surface area contributed by atoms with Crippen molar-refractivity contribution in [2.24, 2.45) is 0 Å². The highest BCUT2D eigenvalue weighted by atomic mass is 15.0. The fraction of sp³-hybridized carbons (Fsp3) is 0.0938. The Morgan fingerprint density at radius 3 is 0.877 bits per heavy atom. The van der Waals surface area contributed by atoms with Gasteiger partial charge in [0.1, 0.15) is 0 Å². The molecular weight excluding hydrogens is 783 g/mol. The van der Waals surface area contributed by atoms with Gasteiger partial charge in [-0.3, -0.25) is 0 Å². The van der Waals surface area contributed by atoms with Crippen LogP contribution in [0.15, 0.2) is 200 Å². The molecule has 0 aliphatic carbocycles. The Hall–Kier alpha value is -7.74. The van der Waals surface area contributed by atoms with Gasteiger partial charge in [-0.1, -0.05) is 204 Å². The molecule has 0 atom stereocenters. The van der Waals surface area contributed by atoms with Crippen LogP contribution in [0.3, 0.4) is 0 Å². The Labute approximate surface area is 378 Å². The van der Waals surface area contributed by atoms with Crippen LogP contribution in [-0.4, -0.2) is 4.57 Å². The lowest BCUT2D eigenvalue weighted by Crippen LogP contribution is -2.33. The van der Waals surface area contributed by atoms with Gasteiger partial charge in [0.25, 0.3) is 0 Å². The van der Waals surface area contributed by atoms with E-state index in [0.29, 0.717) is 0 Å². The molecule has 12 aromatic rings. The number of benzene rings is 11. The summed E-state index contributed by atoms with van der Waals surface area (Å²) in [6.07, 6.45) is 0. The molecule has 1 heteroatoms. The topological polar surface area (TPSA) is 4.93 Å². The van der Waals surface area contributed by atoms with Crippen molar-refractivity contribution in [1.29, 1.82) is 0 Å². The molecule has 65 heavy (non-hydrogen) atoms. The normalized spacial score (nSPS) is 14.4. The minimum Gasteiger partial charge on any atom is -0.308 e. The molecule has 306 valence electrons. The molecule has 0 spiro atoms. The SMILES string of the molecule is CC1(C)c2cccc3c2-n2c4c1cc(-c1c5ccccc5c(-c5ccccc5)c5ccccc15)cc4c1cc(-c4c5ccccc5c(-c5ccccc5)c5ccccc45)cc(c12)C3(C)C. The zero-order valence-electron chi connectivity index (χ0n) is 37.0. The molecule has 11 aromatic carbocycles. The predicted molar refractivity (Wildman–Crippen MR) is 277 cm³/mol. The van der Waals surface area contributed by atoms with Crippen molar-refractivity contribution in [3.8, 4) is 50.2 Å². The van der Waals surface area contributed by atoms with Crippen molar-refractivity contribution in [2.45, 2.75) is 38.5 Å². The molecule has 0 N–H and O–H groups in total. The van der Waals surface area contributed by atoms with Gasteiger partial charge in [-0.2, -0.15) is 0 Å². The predicted octanol–water partition coefficient (Wildman–Crippen LogP) is 17.3. The Balaban J connectivity index is 1.16. The Kier molecular flexibility index (Phi) is 7.30. The van der Waals surface area contributed by atoms with E-state index in [1.54, 1.807) is 0 Å². The van der Waals surface area contributed by atoms with E-state index in [2.05, 4.69) is 232 Å². The number of fused-ring (bicyclic) bond motifs is 5. The average Bonchev–Trinajstić information content (AvgIpc) is 3.67. The van der Waals surface area contributed by atoms with Gasteiger partial charge in [-0.15, -0.1) is 0 Å². The molecule has 0 unspecified atom stereocenters. The van der Waals surface area contributed by atoms with Crippen LogP contribution in [0.4, 0.5) is 0 Å². The first-order chi connectivity index (χ1) is 31.8. The second-order valence-corrected chi connectivity index (χ2v) is 19.5. The van der Waals surface area contributed by atoms with Crippen LogP contribution in [0.5, 0.6) is 0 Å². The Bertz CT molecular complexity index is 3660. The maximum atomic E-state index is 2.67. The van der Waals surface area contributed by atoms with Crippen LogP contribution in [0.1, 0.15) is 49.9 Å². The maximum absolute atomic E-state index is 2.67. The van der Waals surface area contributed by atoms with Gasteiger partial charge in [0, 0.05) is 21.6 Å². The van der Waals surface area contributed by atoms with Crippen molar-refractivity contribution in [3.63, 3.8) is 0 Å². The van der Waals surface area contributed by atoms with Gasteiger partial charge < -0.3 is 4.57 Å². The first-order valence-electron chi connectivity index (χ1n) is 23.1. The van der Waals surface area contributed by atoms with Gasteiger partial charge in [0.15, 0.2) is 0 Å². The van der Waals surface area contributed by atoms with Crippen LogP contribution in [-0.2, 0) is 10.8 Å². The van der Waals surface area contributed by atoms with E-state index in [1.807, 2.05) is 0 Å². The smallest absolute Gasteiger partial charge is 0.0582 e. The van der Waals surface area contributed by atoms with Crippen molar-refractivity contribution < 1.29 is 0 Å². The highest BCUT2D eigenvalue weighted by Gasteiger charge is 2.44. The number of rotatable bonds is 4. The number of hydrogen-bond donors (Lipinski definition) is 0. The van der Waals surface area contributed by atoms with E-state index >= 15 is 0 Å². The molecule has 14 rings (SSSR count). The van der Waals surface area contributed by atoms with E-state index in [9.17, 15) is 0 Å². The Morgan fingerprint density at radius 1 is 0.262 bits per heavy atom. The van der Waals surface area contributed by atoms with Gasteiger partial charge in [0.2, 0.25) is 0 Å². The summed E-state index contributed by atoms with van der Waals surface area (Å²) in [5.41, 5.74) is 19.3. The van der Waals surface area contributed by atoms with Crippen LogP contribution in [0, 0.1) is 0 Å². The summed E-state index contributed by atoms with van der Waals surface area (Å²) in [4.78, 5) is 0. The molecule has 2 aliphatic rings. The number of para-hydroxylation sites is 1. The van der Waals surface area contributed by atoms with Crippen molar-refractivity contribution >= 4 is 64.9 Å². The third-order valence-electron chi connectivity index (χ3n) is 15.5. The average molecular weight is 828 g/mol. The summed E-state index contributed by atoms with van der Waals surface area (Å²) >= 11 is 0. The van der Waals surface area contributed by atoms with Crippen LogP contribution >= 0.6 is 0 Å². The van der Waals surface area contributed by atoms with Crippen molar-refractivity contribution in [2.75, 3.05) is 0 Å². The van der Waals surface area contributed by atoms with E-state index in [0.717, 1.165) is 0 Å². The summed E-state index contributed by atoms with van der Waals surface area (Å²) in [6.45, 7) is 9.82. The third kappa shape index (κ3) is 4.77. The number of aromatic nitrogens is 1. The summed E-state index contributed by atoms with van der Waals surface area (Å²) in [6, 6.07) is 75.5. The summed E-state index contributed by atoms with van der Waals surface area (Å²) in [7, 11) is 0. The van der Waals surface area contributed by atoms with E-state index < -0.39 is 0 Å². The van der Waals surface area contributed by atoms with E-state index in [-0.39, 0.29) is 10.8 Å². The van der Waals surface area contributed by atoms with Crippen LogP contribution in [0.2, 0.25) is 0 Å². The number of nitrogens with zero attached hydrogens (tertiary/aromatic N) is 1. The molecule has 3 heterocycles. The quantitative estimate of drug-likeness (QED) is 0.156. The van der Waals surface area contributed by atoms with Crippen molar-refractivity contribution in [3.05, 3.63) is 222 Å². The first-order valence-corrected chi connectivity index (χ1v) is 23.1. The summed E-state index contributed by atoms with van der Waals surface area (Å²) < 4.78 is 2.67. The molecule has 1 aromatic heterocycles. The van der Waals surface area contributed by atoms with Crippen LogP contribution < -0.4 is 0 Å². The zero-order valence-corrected chi connectivity index (χ0v) is 37.0. The number of hydrogen-bond acceptors (Lipinski definition) is 0. The molecule has 0 bridgehead atoms. The zero-order chi connectivity index (χ0) is 43.3. The molecule has 0 saturated heterocycles. The van der Waals surface area contributed by atoms with Gasteiger partial charge in [-0.25, -0.2) is 0 Å². The minimum absolute atomic E-state index is 0.254. The molecular formula is C64H45N. The largest absolute Gasteiger partial charge is 0.308 e. The van der Waals surface area contributed by atoms with Gasteiger partial charge >= 0.3 is 0 Å². The monoisotopic (exact) mass is 827 g/mol. The second-order valence-electron chi connectivity index (χ2n) is 19.5.